The first-order valence-electron chi connectivity index (χ1n) is 16.7. The van der Waals surface area contributed by atoms with Gasteiger partial charge in [0, 0.05) is 33.0 Å². The predicted octanol–water partition coefficient (Wildman–Crippen LogP) is 12.8. The molecule has 0 radical (unpaired) electrons. The lowest BCUT2D eigenvalue weighted by molar-refractivity contribution is 1.18. The van der Waals surface area contributed by atoms with Crippen LogP contribution >= 0.6 is 11.3 Å². The van der Waals surface area contributed by atoms with Gasteiger partial charge in [0.25, 0.3) is 0 Å². The molecule has 0 aliphatic carbocycles. The molecule has 0 amide bonds. The average molecular weight is 648 g/mol. The van der Waals surface area contributed by atoms with Gasteiger partial charge >= 0.3 is 0 Å². The number of rotatable bonds is 5. The molecule has 4 heteroatoms. The fourth-order valence-corrected chi connectivity index (χ4v) is 7.51. The fraction of sp³-hybridized carbons (Fsp3) is 0.0444. The van der Waals surface area contributed by atoms with E-state index in [0.29, 0.717) is 5.82 Å². The van der Waals surface area contributed by atoms with Crippen LogP contribution in [-0.2, 0) is 0 Å². The smallest absolute Gasteiger partial charge is 0.161 e. The summed E-state index contributed by atoms with van der Waals surface area (Å²) in [5.41, 5.74) is 10.4. The maximum absolute atomic E-state index is 5.26. The highest BCUT2D eigenvalue weighted by Gasteiger charge is 2.18. The second kappa shape index (κ2) is 13.3. The van der Waals surface area contributed by atoms with Crippen molar-refractivity contribution in [3.8, 4) is 56.2 Å². The van der Waals surface area contributed by atoms with Crippen molar-refractivity contribution >= 4 is 42.4 Å². The Kier molecular flexibility index (Phi) is 8.22. The Morgan fingerprint density at radius 3 is 1.84 bits per heavy atom. The Hall–Kier alpha value is -5.97. The van der Waals surface area contributed by atoms with E-state index in [9.17, 15) is 0 Å². The minimum atomic E-state index is 0.693. The lowest BCUT2D eigenvalue weighted by atomic mass is 9.91. The number of thiophene rings is 1. The Balaban J connectivity index is 0.00000171. The second-order valence-corrected chi connectivity index (χ2v) is 12.7. The van der Waals surface area contributed by atoms with Crippen LogP contribution in [0.15, 0.2) is 164 Å². The number of benzene rings is 6. The Morgan fingerprint density at radius 1 is 0.429 bits per heavy atom. The molecule has 0 spiro atoms. The number of aromatic nitrogens is 3. The van der Waals surface area contributed by atoms with Crippen molar-refractivity contribution in [1.29, 1.82) is 0 Å². The summed E-state index contributed by atoms with van der Waals surface area (Å²) in [6.07, 6.45) is 1.87. The van der Waals surface area contributed by atoms with Crippen LogP contribution in [0.1, 0.15) is 13.8 Å². The van der Waals surface area contributed by atoms with Crippen LogP contribution in [0.2, 0.25) is 0 Å². The monoisotopic (exact) mass is 647 g/mol. The van der Waals surface area contributed by atoms with Crippen molar-refractivity contribution in [2.75, 3.05) is 0 Å². The Labute approximate surface area is 290 Å². The average Bonchev–Trinajstić information content (AvgIpc) is 3.57. The van der Waals surface area contributed by atoms with Crippen LogP contribution in [0.25, 0.3) is 87.2 Å². The quantitative estimate of drug-likeness (QED) is 0.187. The summed E-state index contributed by atoms with van der Waals surface area (Å²) in [6.45, 7) is 4.00. The van der Waals surface area contributed by atoms with Crippen LogP contribution < -0.4 is 0 Å². The molecular weight excluding hydrogens is 615 g/mol. The van der Waals surface area contributed by atoms with E-state index in [4.69, 9.17) is 15.0 Å². The van der Waals surface area contributed by atoms with Gasteiger partial charge in [-0.3, -0.25) is 4.98 Å². The molecule has 0 N–H and O–H groups in total. The van der Waals surface area contributed by atoms with E-state index in [2.05, 4.69) is 140 Å². The van der Waals surface area contributed by atoms with Gasteiger partial charge in [0.2, 0.25) is 0 Å². The zero-order chi connectivity index (χ0) is 33.2. The molecular formula is C45H33N3S. The van der Waals surface area contributed by atoms with Crippen LogP contribution in [0, 0.1) is 0 Å². The molecule has 3 nitrogen and oxygen atoms in total. The summed E-state index contributed by atoms with van der Waals surface area (Å²) in [7, 11) is 0. The maximum atomic E-state index is 5.26. The van der Waals surface area contributed by atoms with E-state index in [1.165, 1.54) is 25.6 Å². The van der Waals surface area contributed by atoms with Crippen LogP contribution in [0.4, 0.5) is 0 Å². The molecule has 0 bridgehead atoms. The predicted molar refractivity (Wildman–Crippen MR) is 209 cm³/mol. The lowest BCUT2D eigenvalue weighted by Crippen LogP contribution is -1.98. The van der Waals surface area contributed by atoms with Gasteiger partial charge in [-0.15, -0.1) is 11.3 Å². The first-order chi connectivity index (χ1) is 24.3. The largest absolute Gasteiger partial charge is 0.255 e. The highest BCUT2D eigenvalue weighted by molar-refractivity contribution is 7.25. The third-order valence-electron chi connectivity index (χ3n) is 8.76. The van der Waals surface area contributed by atoms with Gasteiger partial charge in [0.05, 0.1) is 21.6 Å². The molecule has 0 aliphatic rings. The second-order valence-electron chi connectivity index (χ2n) is 11.6. The number of fused-ring (bicyclic) bond motifs is 4. The highest BCUT2D eigenvalue weighted by Crippen LogP contribution is 2.41. The molecule has 9 rings (SSSR count). The van der Waals surface area contributed by atoms with E-state index in [-0.39, 0.29) is 0 Å². The summed E-state index contributed by atoms with van der Waals surface area (Å²) in [5.74, 6) is 0.693. The molecule has 3 heterocycles. The van der Waals surface area contributed by atoms with Crippen molar-refractivity contribution in [2.45, 2.75) is 13.8 Å². The molecule has 9 aromatic rings. The molecule has 0 aliphatic heterocycles. The summed E-state index contributed by atoms with van der Waals surface area (Å²) in [5, 5.41) is 3.58. The minimum Gasteiger partial charge on any atom is -0.255 e. The molecule has 49 heavy (non-hydrogen) atoms. The molecule has 0 fully saturated rings. The Morgan fingerprint density at radius 2 is 1.08 bits per heavy atom. The third kappa shape index (κ3) is 5.77. The van der Waals surface area contributed by atoms with Gasteiger partial charge in [-0.05, 0) is 69.4 Å². The lowest BCUT2D eigenvalue weighted by Gasteiger charge is -2.16. The fourth-order valence-electron chi connectivity index (χ4n) is 6.46. The van der Waals surface area contributed by atoms with E-state index >= 15 is 0 Å². The van der Waals surface area contributed by atoms with E-state index in [0.717, 1.165) is 55.8 Å². The first kappa shape index (κ1) is 30.4. The summed E-state index contributed by atoms with van der Waals surface area (Å²) < 4.78 is 2.44. The number of hydrogen-bond donors (Lipinski definition) is 0. The normalized spacial score (nSPS) is 11.1. The highest BCUT2D eigenvalue weighted by atomic mass is 32.1. The molecule has 6 aromatic carbocycles. The van der Waals surface area contributed by atoms with E-state index in [1.54, 1.807) is 11.3 Å². The van der Waals surface area contributed by atoms with E-state index in [1.807, 2.05) is 38.2 Å². The zero-order valence-electron chi connectivity index (χ0n) is 27.3. The van der Waals surface area contributed by atoms with Gasteiger partial charge in [0.15, 0.2) is 5.82 Å². The first-order valence-corrected chi connectivity index (χ1v) is 17.5. The van der Waals surface area contributed by atoms with E-state index < -0.39 is 0 Å². The summed E-state index contributed by atoms with van der Waals surface area (Å²) in [6, 6.07) is 55.5. The molecule has 0 saturated heterocycles. The van der Waals surface area contributed by atoms with Crippen molar-refractivity contribution in [3.05, 3.63) is 164 Å². The molecule has 0 unspecified atom stereocenters. The standard InChI is InChI=1S/C43H27N3S.C2H6/c1-3-12-29(13-4-1)38-27-39(30-14-5-2-6-15-30)46-43(45-38)36-25-31(20-22-35(36)34-18-9-16-28-11-7-8-17-33(28)34)32-21-23-40-37(26-32)42-41(47-40)19-10-24-44-42;1-2/h1-27H;1-2H3. The van der Waals surface area contributed by atoms with Crippen molar-refractivity contribution < 1.29 is 0 Å². The molecule has 234 valence electrons. The maximum Gasteiger partial charge on any atom is 0.161 e. The van der Waals surface area contributed by atoms with Crippen molar-refractivity contribution in [1.82, 2.24) is 15.0 Å². The molecule has 0 atom stereocenters. The summed E-state index contributed by atoms with van der Waals surface area (Å²) >= 11 is 1.78. The Bertz CT molecular complexity index is 2510. The van der Waals surface area contributed by atoms with Gasteiger partial charge in [0.1, 0.15) is 0 Å². The molecule has 0 saturated carbocycles. The minimum absolute atomic E-state index is 0.693. The topological polar surface area (TPSA) is 38.7 Å². The SMILES string of the molecule is CC.c1ccc(-c2cc(-c3ccccc3)nc(-c3cc(-c4ccc5sc6cccnc6c5c4)ccc3-c3cccc4ccccc34)n2)cc1. The zero-order valence-corrected chi connectivity index (χ0v) is 28.2. The van der Waals surface area contributed by atoms with Gasteiger partial charge in [-0.2, -0.15) is 0 Å². The van der Waals surface area contributed by atoms with Crippen LogP contribution in [-0.4, -0.2) is 15.0 Å². The number of pyridine rings is 1. The number of nitrogens with zero attached hydrogens (tertiary/aromatic N) is 3. The summed E-state index contributed by atoms with van der Waals surface area (Å²) in [4.78, 5) is 15.2. The van der Waals surface area contributed by atoms with Crippen molar-refractivity contribution in [2.24, 2.45) is 0 Å². The molecule has 3 aromatic heterocycles. The van der Waals surface area contributed by atoms with Crippen LogP contribution in [0.3, 0.4) is 0 Å². The van der Waals surface area contributed by atoms with Crippen molar-refractivity contribution in [3.63, 3.8) is 0 Å². The van der Waals surface area contributed by atoms with Gasteiger partial charge < -0.3 is 0 Å². The van der Waals surface area contributed by atoms with Gasteiger partial charge in [-0.25, -0.2) is 9.97 Å². The van der Waals surface area contributed by atoms with Crippen LogP contribution in [0.5, 0.6) is 0 Å². The number of hydrogen-bond acceptors (Lipinski definition) is 4. The third-order valence-corrected chi connectivity index (χ3v) is 9.89. The van der Waals surface area contributed by atoms with Gasteiger partial charge in [-0.1, -0.05) is 135 Å².